The van der Waals surface area contributed by atoms with Crippen molar-refractivity contribution in [1.29, 1.82) is 0 Å². The van der Waals surface area contributed by atoms with E-state index in [1.807, 2.05) is 0 Å². The number of benzene rings is 2. The van der Waals surface area contributed by atoms with Gasteiger partial charge in [0.1, 0.15) is 5.75 Å². The molecule has 0 aromatic heterocycles. The first-order chi connectivity index (χ1) is 11.4. The van der Waals surface area contributed by atoms with Gasteiger partial charge in [0, 0.05) is 12.1 Å². The van der Waals surface area contributed by atoms with Crippen molar-refractivity contribution in [1.82, 2.24) is 5.32 Å². The Kier molecular flexibility index (Phi) is 5.84. The second-order valence-corrected chi connectivity index (χ2v) is 7.38. The molecular formula is C16H17BrN2O4S. The van der Waals surface area contributed by atoms with E-state index in [4.69, 9.17) is 4.74 Å². The Morgan fingerprint density at radius 2 is 1.96 bits per heavy atom. The summed E-state index contributed by atoms with van der Waals surface area (Å²) in [6.45, 7) is 2.26. The molecule has 8 heteroatoms. The fraction of sp³-hybridized carbons (Fsp3) is 0.188. The van der Waals surface area contributed by atoms with Crippen LogP contribution in [0.15, 0.2) is 51.8 Å². The number of ether oxygens (including phenoxy) is 1. The van der Waals surface area contributed by atoms with E-state index in [0.29, 0.717) is 22.5 Å². The van der Waals surface area contributed by atoms with Crippen LogP contribution < -0.4 is 14.8 Å². The highest BCUT2D eigenvalue weighted by molar-refractivity contribution is 9.10. The second kappa shape index (κ2) is 7.67. The molecule has 0 saturated carbocycles. The van der Waals surface area contributed by atoms with Crippen molar-refractivity contribution < 1.29 is 17.9 Å². The van der Waals surface area contributed by atoms with Gasteiger partial charge in [-0.25, -0.2) is 8.42 Å². The van der Waals surface area contributed by atoms with E-state index in [1.165, 1.54) is 25.3 Å². The highest BCUT2D eigenvalue weighted by atomic mass is 79.9. The molecule has 2 aromatic carbocycles. The van der Waals surface area contributed by atoms with E-state index in [0.717, 1.165) is 0 Å². The van der Waals surface area contributed by atoms with Gasteiger partial charge in [-0.3, -0.25) is 9.52 Å². The van der Waals surface area contributed by atoms with Gasteiger partial charge in [0.05, 0.1) is 22.2 Å². The van der Waals surface area contributed by atoms with Crippen molar-refractivity contribution in [2.45, 2.75) is 11.8 Å². The maximum Gasteiger partial charge on any atom is 0.261 e. The molecule has 0 fully saturated rings. The topological polar surface area (TPSA) is 84.5 Å². The first-order valence-corrected chi connectivity index (χ1v) is 9.39. The molecule has 0 aliphatic rings. The van der Waals surface area contributed by atoms with Crippen LogP contribution in [0, 0.1) is 0 Å². The summed E-state index contributed by atoms with van der Waals surface area (Å²) in [5.74, 6) is 0.276. The molecule has 6 nitrogen and oxygen atoms in total. The van der Waals surface area contributed by atoms with E-state index in [9.17, 15) is 13.2 Å². The van der Waals surface area contributed by atoms with Gasteiger partial charge in [-0.15, -0.1) is 0 Å². The van der Waals surface area contributed by atoms with Gasteiger partial charge in [-0.05, 0) is 59.3 Å². The normalized spacial score (nSPS) is 11.0. The molecular weight excluding hydrogens is 396 g/mol. The van der Waals surface area contributed by atoms with Gasteiger partial charge in [-0.2, -0.15) is 0 Å². The molecule has 0 spiro atoms. The van der Waals surface area contributed by atoms with Crippen LogP contribution in [-0.4, -0.2) is 28.0 Å². The average molecular weight is 413 g/mol. The zero-order valence-electron chi connectivity index (χ0n) is 13.2. The number of halogens is 1. The number of anilines is 1. The molecule has 0 bridgehead atoms. The molecule has 0 unspecified atom stereocenters. The van der Waals surface area contributed by atoms with E-state index < -0.39 is 10.0 Å². The monoisotopic (exact) mass is 412 g/mol. The number of nitrogens with one attached hydrogen (secondary N) is 2. The van der Waals surface area contributed by atoms with E-state index in [-0.39, 0.29) is 16.4 Å². The molecule has 0 radical (unpaired) electrons. The molecule has 24 heavy (non-hydrogen) atoms. The molecule has 2 rings (SSSR count). The minimum absolute atomic E-state index is 0.0122. The number of carbonyl (C=O) groups excluding carboxylic acids is 1. The summed E-state index contributed by atoms with van der Waals surface area (Å²) in [6.07, 6.45) is 0. The van der Waals surface area contributed by atoms with Gasteiger partial charge < -0.3 is 10.1 Å². The van der Waals surface area contributed by atoms with Gasteiger partial charge in [0.2, 0.25) is 0 Å². The first kappa shape index (κ1) is 18.3. The third-order valence-electron chi connectivity index (χ3n) is 3.15. The number of methoxy groups -OCH3 is 1. The van der Waals surface area contributed by atoms with E-state index in [1.54, 1.807) is 31.2 Å². The fourth-order valence-corrected chi connectivity index (χ4v) is 3.65. The highest BCUT2D eigenvalue weighted by Crippen LogP contribution is 2.28. The van der Waals surface area contributed by atoms with Crippen molar-refractivity contribution in [2.24, 2.45) is 0 Å². The summed E-state index contributed by atoms with van der Waals surface area (Å²) in [6, 6.07) is 10.7. The largest absolute Gasteiger partial charge is 0.496 e. The van der Waals surface area contributed by atoms with Crippen LogP contribution in [0.5, 0.6) is 5.75 Å². The third-order valence-corrected chi connectivity index (χ3v) is 5.15. The van der Waals surface area contributed by atoms with Crippen molar-refractivity contribution in [3.63, 3.8) is 0 Å². The molecule has 2 aromatic rings. The smallest absolute Gasteiger partial charge is 0.261 e. The number of carbonyl (C=O) groups is 1. The molecule has 1 amide bonds. The quantitative estimate of drug-likeness (QED) is 0.763. The predicted molar refractivity (Wildman–Crippen MR) is 96.0 cm³/mol. The maximum atomic E-state index is 12.5. The van der Waals surface area contributed by atoms with Crippen LogP contribution in [0.2, 0.25) is 0 Å². The lowest BCUT2D eigenvalue weighted by molar-refractivity contribution is 0.0955. The zero-order chi connectivity index (χ0) is 17.7. The number of hydrogen-bond donors (Lipinski definition) is 2. The summed E-state index contributed by atoms with van der Waals surface area (Å²) in [7, 11) is -2.29. The van der Waals surface area contributed by atoms with Crippen LogP contribution in [0.3, 0.4) is 0 Å². The van der Waals surface area contributed by atoms with Crippen LogP contribution >= 0.6 is 15.9 Å². The lowest BCUT2D eigenvalue weighted by Gasteiger charge is -2.11. The van der Waals surface area contributed by atoms with E-state index in [2.05, 4.69) is 26.0 Å². The van der Waals surface area contributed by atoms with Crippen molar-refractivity contribution in [2.75, 3.05) is 18.4 Å². The van der Waals surface area contributed by atoms with Crippen LogP contribution in [0.4, 0.5) is 5.69 Å². The molecule has 128 valence electrons. The SMILES string of the molecule is CCNC(=O)c1cccc(S(=O)(=O)Nc2ccc(OC)c(Br)c2)c1. The van der Waals surface area contributed by atoms with Crippen LogP contribution in [-0.2, 0) is 10.0 Å². The Bertz CT molecular complexity index is 853. The molecule has 2 N–H and O–H groups in total. The van der Waals surface area contributed by atoms with Crippen molar-refractivity contribution >= 4 is 37.5 Å². The van der Waals surface area contributed by atoms with Gasteiger partial charge in [-0.1, -0.05) is 6.07 Å². The minimum atomic E-state index is -3.81. The minimum Gasteiger partial charge on any atom is -0.496 e. The molecule has 0 heterocycles. The predicted octanol–water partition coefficient (Wildman–Crippen LogP) is 3.01. The standard InChI is InChI=1S/C16H17BrN2O4S/c1-3-18-16(20)11-5-4-6-13(9-11)24(21,22)19-12-7-8-15(23-2)14(17)10-12/h4-10,19H,3H2,1-2H3,(H,18,20). The van der Waals surface area contributed by atoms with Gasteiger partial charge in [0.15, 0.2) is 0 Å². The summed E-state index contributed by atoms with van der Waals surface area (Å²) in [4.78, 5) is 11.9. The van der Waals surface area contributed by atoms with Gasteiger partial charge >= 0.3 is 0 Å². The Labute approximate surface area is 149 Å². The molecule has 0 aliphatic heterocycles. The maximum absolute atomic E-state index is 12.5. The summed E-state index contributed by atoms with van der Waals surface area (Å²) in [5.41, 5.74) is 0.668. The average Bonchev–Trinajstić information content (AvgIpc) is 2.55. The lowest BCUT2D eigenvalue weighted by Crippen LogP contribution is -2.23. The summed E-state index contributed by atoms with van der Waals surface area (Å²) < 4.78 is 33.2. The zero-order valence-corrected chi connectivity index (χ0v) is 15.6. The second-order valence-electron chi connectivity index (χ2n) is 4.84. The summed E-state index contributed by atoms with van der Waals surface area (Å²) >= 11 is 3.31. The highest BCUT2D eigenvalue weighted by Gasteiger charge is 2.17. The Hall–Kier alpha value is -2.06. The van der Waals surface area contributed by atoms with E-state index >= 15 is 0 Å². The molecule has 0 saturated heterocycles. The van der Waals surface area contributed by atoms with Crippen molar-refractivity contribution in [3.05, 3.63) is 52.5 Å². The van der Waals surface area contributed by atoms with Crippen molar-refractivity contribution in [3.8, 4) is 5.75 Å². The Morgan fingerprint density at radius 1 is 1.21 bits per heavy atom. The fourth-order valence-electron chi connectivity index (χ4n) is 2.01. The number of hydrogen-bond acceptors (Lipinski definition) is 4. The molecule has 0 atom stereocenters. The molecule has 0 aliphatic carbocycles. The number of sulfonamides is 1. The Morgan fingerprint density at radius 3 is 2.58 bits per heavy atom. The number of amides is 1. The third kappa shape index (κ3) is 4.27. The summed E-state index contributed by atoms with van der Waals surface area (Å²) in [5, 5.41) is 2.64. The number of rotatable bonds is 6. The van der Waals surface area contributed by atoms with Crippen LogP contribution in [0.25, 0.3) is 0 Å². The van der Waals surface area contributed by atoms with Gasteiger partial charge in [0.25, 0.3) is 15.9 Å². The van der Waals surface area contributed by atoms with Crippen LogP contribution in [0.1, 0.15) is 17.3 Å². The Balaban J connectivity index is 2.29. The first-order valence-electron chi connectivity index (χ1n) is 7.12. The lowest BCUT2D eigenvalue weighted by atomic mass is 10.2.